The molecule has 3 heterocycles. The largest absolute Gasteiger partial charge is 0.369 e. The number of pyridine rings is 1. The number of nitrogens with zero attached hydrogens (tertiary/aromatic N) is 5. The zero-order valence-electron chi connectivity index (χ0n) is 17.3. The van der Waals surface area contributed by atoms with Crippen molar-refractivity contribution in [3.63, 3.8) is 0 Å². The van der Waals surface area contributed by atoms with Gasteiger partial charge in [-0.2, -0.15) is 10.4 Å². The summed E-state index contributed by atoms with van der Waals surface area (Å²) >= 11 is 0. The second-order valence-corrected chi connectivity index (χ2v) is 8.62. The van der Waals surface area contributed by atoms with Crippen LogP contribution in [0.15, 0.2) is 24.4 Å². The molecule has 0 unspecified atom stereocenters. The monoisotopic (exact) mass is 407 g/mol. The standard InChI is InChI=1S/C21H25N7O2/c1-20(2,18(23)29)15-11-17(26-27(15)3)25-16-10-14(6-8-24-16)28-9-7-21(12-22,19(28)30)13-4-5-13/h6,8,10-11,13H,4-5,7,9H2,1-3H3,(H2,23,29)(H,24,25,26)/t21-/m1/s1. The minimum absolute atomic E-state index is 0.118. The average molecular weight is 407 g/mol. The molecule has 2 aromatic heterocycles. The van der Waals surface area contributed by atoms with Crippen molar-refractivity contribution in [1.82, 2.24) is 14.8 Å². The topological polar surface area (TPSA) is 130 Å². The van der Waals surface area contributed by atoms with Gasteiger partial charge in [0.1, 0.15) is 11.2 Å². The fourth-order valence-corrected chi connectivity index (χ4v) is 4.16. The summed E-state index contributed by atoms with van der Waals surface area (Å²) in [5.74, 6) is 0.653. The molecule has 1 saturated carbocycles. The summed E-state index contributed by atoms with van der Waals surface area (Å²) in [6.45, 7) is 4.01. The highest BCUT2D eigenvalue weighted by atomic mass is 16.2. The van der Waals surface area contributed by atoms with E-state index in [1.54, 1.807) is 54.9 Å². The second kappa shape index (κ2) is 6.83. The van der Waals surface area contributed by atoms with E-state index < -0.39 is 16.7 Å². The Morgan fingerprint density at radius 1 is 1.37 bits per heavy atom. The predicted molar refractivity (Wildman–Crippen MR) is 111 cm³/mol. The van der Waals surface area contributed by atoms with Crippen LogP contribution in [0.3, 0.4) is 0 Å². The minimum Gasteiger partial charge on any atom is -0.369 e. The number of rotatable bonds is 6. The number of carbonyl (C=O) groups excluding carboxylic acids is 2. The van der Waals surface area contributed by atoms with Crippen molar-refractivity contribution in [2.45, 2.75) is 38.5 Å². The number of hydrogen-bond acceptors (Lipinski definition) is 6. The summed E-state index contributed by atoms with van der Waals surface area (Å²) < 4.78 is 1.61. The van der Waals surface area contributed by atoms with E-state index in [0.717, 1.165) is 12.8 Å². The van der Waals surface area contributed by atoms with Crippen molar-refractivity contribution < 1.29 is 9.59 Å². The van der Waals surface area contributed by atoms with Crippen LogP contribution >= 0.6 is 0 Å². The van der Waals surface area contributed by atoms with Gasteiger partial charge < -0.3 is 16.0 Å². The lowest BCUT2D eigenvalue weighted by Crippen LogP contribution is -2.37. The van der Waals surface area contributed by atoms with Crippen LogP contribution in [0.1, 0.15) is 38.8 Å². The second-order valence-electron chi connectivity index (χ2n) is 8.62. The van der Waals surface area contributed by atoms with Gasteiger partial charge in [-0.1, -0.05) is 0 Å². The molecule has 9 nitrogen and oxygen atoms in total. The zero-order chi connectivity index (χ0) is 21.7. The van der Waals surface area contributed by atoms with E-state index in [0.29, 0.717) is 36.0 Å². The van der Waals surface area contributed by atoms with Crippen LogP contribution in [0.5, 0.6) is 0 Å². The zero-order valence-corrected chi connectivity index (χ0v) is 17.3. The molecular formula is C21H25N7O2. The van der Waals surface area contributed by atoms with Gasteiger partial charge in [-0.3, -0.25) is 14.3 Å². The summed E-state index contributed by atoms with van der Waals surface area (Å²) in [6, 6.07) is 7.60. The maximum atomic E-state index is 13.0. The molecule has 0 radical (unpaired) electrons. The molecule has 9 heteroatoms. The van der Waals surface area contributed by atoms with Crippen LogP contribution in [0, 0.1) is 22.7 Å². The quantitative estimate of drug-likeness (QED) is 0.753. The van der Waals surface area contributed by atoms with Gasteiger partial charge in [0.05, 0.1) is 17.2 Å². The smallest absolute Gasteiger partial charge is 0.247 e. The SMILES string of the molecule is Cn1nc(Nc2cc(N3CC[C@@](C#N)(C4CC4)C3=O)ccn2)cc1C(C)(C)C(N)=O. The maximum absolute atomic E-state index is 13.0. The molecule has 1 atom stereocenters. The Morgan fingerprint density at radius 3 is 2.73 bits per heavy atom. The van der Waals surface area contributed by atoms with Gasteiger partial charge in [-0.25, -0.2) is 4.98 Å². The van der Waals surface area contributed by atoms with Crippen molar-refractivity contribution >= 4 is 29.1 Å². The number of aryl methyl sites for hydroxylation is 1. The normalized spacial score (nSPS) is 21.5. The van der Waals surface area contributed by atoms with Crippen molar-refractivity contribution in [2.75, 3.05) is 16.8 Å². The molecule has 0 spiro atoms. The highest BCUT2D eigenvalue weighted by Crippen LogP contribution is 2.51. The Bertz CT molecular complexity index is 1060. The third-order valence-electron chi connectivity index (χ3n) is 6.28. The van der Waals surface area contributed by atoms with Crippen molar-refractivity contribution in [1.29, 1.82) is 5.26 Å². The molecule has 1 saturated heterocycles. The van der Waals surface area contributed by atoms with Crippen LogP contribution in [0.2, 0.25) is 0 Å². The van der Waals surface area contributed by atoms with Crippen molar-refractivity contribution in [3.05, 3.63) is 30.1 Å². The van der Waals surface area contributed by atoms with E-state index >= 15 is 0 Å². The van der Waals surface area contributed by atoms with Gasteiger partial charge in [-0.05, 0) is 45.1 Å². The number of nitrogens with two attached hydrogens (primary N) is 1. The van der Waals surface area contributed by atoms with E-state index in [9.17, 15) is 14.9 Å². The first-order valence-corrected chi connectivity index (χ1v) is 10.00. The summed E-state index contributed by atoms with van der Waals surface area (Å²) in [5.41, 5.74) is 5.14. The molecule has 156 valence electrons. The first-order valence-electron chi connectivity index (χ1n) is 10.00. The molecule has 30 heavy (non-hydrogen) atoms. The molecule has 3 N–H and O–H groups in total. The Labute approximate surface area is 174 Å². The fourth-order valence-electron chi connectivity index (χ4n) is 4.16. The van der Waals surface area contributed by atoms with Crippen LogP contribution in [0.4, 0.5) is 17.3 Å². The van der Waals surface area contributed by atoms with E-state index in [1.807, 2.05) is 0 Å². The summed E-state index contributed by atoms with van der Waals surface area (Å²) in [5, 5.41) is 17.2. The Hall–Kier alpha value is -3.41. The molecule has 2 aliphatic rings. The number of amides is 2. The number of anilines is 3. The lowest BCUT2D eigenvalue weighted by molar-refractivity contribution is -0.124. The Balaban J connectivity index is 1.56. The van der Waals surface area contributed by atoms with Gasteiger partial charge in [0.15, 0.2) is 5.82 Å². The summed E-state index contributed by atoms with van der Waals surface area (Å²) in [4.78, 5) is 30.8. The van der Waals surface area contributed by atoms with E-state index in [2.05, 4.69) is 21.5 Å². The minimum atomic E-state index is -0.882. The van der Waals surface area contributed by atoms with Crippen molar-refractivity contribution in [2.24, 2.45) is 24.1 Å². The molecule has 0 bridgehead atoms. The number of hydrogen-bond donors (Lipinski definition) is 2. The van der Waals surface area contributed by atoms with E-state index in [1.165, 1.54) is 0 Å². The van der Waals surface area contributed by atoms with Gasteiger partial charge in [0.25, 0.3) is 0 Å². The molecule has 2 fully saturated rings. The lowest BCUT2D eigenvalue weighted by Gasteiger charge is -2.21. The Kier molecular flexibility index (Phi) is 4.53. The van der Waals surface area contributed by atoms with Crippen LogP contribution in [-0.2, 0) is 22.1 Å². The number of carbonyl (C=O) groups is 2. The maximum Gasteiger partial charge on any atom is 0.247 e. The van der Waals surface area contributed by atoms with E-state index in [-0.39, 0.29) is 11.8 Å². The average Bonchev–Trinajstić information content (AvgIpc) is 3.41. The number of primary amides is 1. The van der Waals surface area contributed by atoms with Gasteiger partial charge in [0.2, 0.25) is 11.8 Å². The van der Waals surface area contributed by atoms with Gasteiger partial charge >= 0.3 is 0 Å². The number of aromatic nitrogens is 3. The molecule has 2 amide bonds. The molecule has 2 aromatic rings. The first kappa shape index (κ1) is 19.9. The Morgan fingerprint density at radius 2 is 2.10 bits per heavy atom. The van der Waals surface area contributed by atoms with E-state index in [4.69, 9.17) is 5.73 Å². The third kappa shape index (κ3) is 3.09. The highest BCUT2D eigenvalue weighted by molar-refractivity contribution is 6.02. The number of nitrogens with one attached hydrogen (secondary N) is 1. The third-order valence-corrected chi connectivity index (χ3v) is 6.28. The summed E-state index contributed by atoms with van der Waals surface area (Å²) in [7, 11) is 1.75. The predicted octanol–water partition coefficient (Wildman–Crippen LogP) is 1.98. The number of nitriles is 1. The first-order chi connectivity index (χ1) is 14.2. The lowest BCUT2D eigenvalue weighted by atomic mass is 9.83. The van der Waals surface area contributed by atoms with Crippen molar-refractivity contribution in [3.8, 4) is 6.07 Å². The summed E-state index contributed by atoms with van der Waals surface area (Å²) in [6.07, 6.45) is 4.06. The molecular weight excluding hydrogens is 382 g/mol. The van der Waals surface area contributed by atoms with Crippen LogP contribution in [0.25, 0.3) is 0 Å². The van der Waals surface area contributed by atoms with Crippen LogP contribution < -0.4 is 16.0 Å². The fraction of sp³-hybridized carbons (Fsp3) is 0.476. The molecule has 4 rings (SSSR count). The van der Waals surface area contributed by atoms with Gasteiger partial charge in [0, 0.05) is 37.6 Å². The van der Waals surface area contributed by atoms with Crippen LogP contribution in [-0.4, -0.2) is 33.1 Å². The molecule has 1 aliphatic carbocycles. The highest BCUT2D eigenvalue weighted by Gasteiger charge is 2.56. The molecule has 1 aliphatic heterocycles. The van der Waals surface area contributed by atoms with Gasteiger partial charge in [-0.15, -0.1) is 0 Å². The molecule has 0 aromatic carbocycles.